The van der Waals surface area contributed by atoms with E-state index in [2.05, 4.69) is 5.32 Å². The molecule has 20 heavy (non-hydrogen) atoms. The van der Waals surface area contributed by atoms with Crippen LogP contribution in [0.3, 0.4) is 0 Å². The van der Waals surface area contributed by atoms with Crippen LogP contribution in [0, 0.1) is 11.7 Å². The molecule has 1 amide bonds. The number of aliphatic hydroxyl groups is 1. The summed E-state index contributed by atoms with van der Waals surface area (Å²) in [5.74, 6) is -0.180. The Labute approximate surface area is 119 Å². The van der Waals surface area contributed by atoms with E-state index in [9.17, 15) is 14.3 Å². The van der Waals surface area contributed by atoms with Gasteiger partial charge < -0.3 is 15.2 Å². The topological polar surface area (TPSA) is 58.6 Å². The second kappa shape index (κ2) is 7.85. The molecule has 0 saturated heterocycles. The first kappa shape index (κ1) is 16.4. The van der Waals surface area contributed by atoms with Crippen LogP contribution in [0.15, 0.2) is 18.2 Å². The Morgan fingerprint density at radius 3 is 2.65 bits per heavy atom. The van der Waals surface area contributed by atoms with E-state index in [1.807, 2.05) is 13.8 Å². The van der Waals surface area contributed by atoms with Gasteiger partial charge in [0.1, 0.15) is 0 Å². The molecule has 1 aromatic rings. The van der Waals surface area contributed by atoms with Crippen molar-refractivity contribution >= 4 is 5.91 Å². The third-order valence-corrected chi connectivity index (χ3v) is 2.92. The molecule has 2 N–H and O–H groups in total. The summed E-state index contributed by atoms with van der Waals surface area (Å²) in [6.45, 7) is 3.95. The highest BCUT2D eigenvalue weighted by Crippen LogP contribution is 2.18. The zero-order valence-corrected chi connectivity index (χ0v) is 12.1. The van der Waals surface area contributed by atoms with Crippen molar-refractivity contribution in [2.75, 3.05) is 13.7 Å². The van der Waals surface area contributed by atoms with Gasteiger partial charge in [-0.1, -0.05) is 19.9 Å². The van der Waals surface area contributed by atoms with Crippen LogP contribution in [0.5, 0.6) is 5.75 Å². The van der Waals surface area contributed by atoms with Crippen LogP contribution < -0.4 is 10.1 Å². The van der Waals surface area contributed by atoms with Gasteiger partial charge in [0.25, 0.3) is 0 Å². The number of nitrogens with one attached hydrogen (secondary N) is 1. The van der Waals surface area contributed by atoms with Crippen molar-refractivity contribution in [1.29, 1.82) is 0 Å². The van der Waals surface area contributed by atoms with Gasteiger partial charge in [0.05, 0.1) is 26.2 Å². The number of hydrogen-bond donors (Lipinski definition) is 2. The smallest absolute Gasteiger partial charge is 0.224 e. The third-order valence-electron chi connectivity index (χ3n) is 2.92. The zero-order chi connectivity index (χ0) is 15.1. The predicted molar refractivity (Wildman–Crippen MR) is 75.1 cm³/mol. The van der Waals surface area contributed by atoms with Crippen LogP contribution in [-0.4, -0.2) is 30.8 Å². The van der Waals surface area contributed by atoms with Crippen LogP contribution in [0.1, 0.15) is 25.8 Å². The lowest BCUT2D eigenvalue weighted by Gasteiger charge is -2.18. The lowest BCUT2D eigenvalue weighted by molar-refractivity contribution is -0.121. The van der Waals surface area contributed by atoms with Crippen molar-refractivity contribution in [1.82, 2.24) is 5.32 Å². The summed E-state index contributed by atoms with van der Waals surface area (Å²) in [6, 6.07) is 4.17. The molecule has 112 valence electrons. The van der Waals surface area contributed by atoms with Gasteiger partial charge in [-0.15, -0.1) is 0 Å². The summed E-state index contributed by atoms with van der Waals surface area (Å²) in [6.07, 6.45) is 0.786. The van der Waals surface area contributed by atoms with E-state index >= 15 is 0 Å². The van der Waals surface area contributed by atoms with Gasteiger partial charge in [0.15, 0.2) is 11.6 Å². The summed E-state index contributed by atoms with van der Waals surface area (Å²) in [5.41, 5.74) is 0.571. The standard InChI is InChI=1S/C15H22FNO3/c1-10(2)6-12(9-18)17-15(19)8-11-4-5-14(20-3)13(16)7-11/h4-5,7,10,12,18H,6,8-9H2,1-3H3,(H,17,19). The molecule has 1 unspecified atom stereocenters. The SMILES string of the molecule is COc1ccc(CC(=O)NC(CO)CC(C)C)cc1F. The monoisotopic (exact) mass is 283 g/mol. The fraction of sp³-hybridized carbons (Fsp3) is 0.533. The Bertz CT molecular complexity index is 449. The Hall–Kier alpha value is -1.62. The lowest BCUT2D eigenvalue weighted by Crippen LogP contribution is -2.39. The second-order valence-electron chi connectivity index (χ2n) is 5.22. The van der Waals surface area contributed by atoms with Crippen molar-refractivity contribution in [2.24, 2.45) is 5.92 Å². The maximum atomic E-state index is 13.5. The molecule has 0 bridgehead atoms. The minimum Gasteiger partial charge on any atom is -0.494 e. The Balaban J connectivity index is 2.59. The number of carbonyl (C=O) groups is 1. The first-order valence-electron chi connectivity index (χ1n) is 6.68. The van der Waals surface area contributed by atoms with Crippen molar-refractivity contribution in [3.05, 3.63) is 29.6 Å². The predicted octanol–water partition coefficient (Wildman–Crippen LogP) is 1.90. The molecule has 1 atom stereocenters. The van der Waals surface area contributed by atoms with Crippen molar-refractivity contribution in [2.45, 2.75) is 32.7 Å². The molecule has 0 heterocycles. The van der Waals surface area contributed by atoms with Gasteiger partial charge in [-0.05, 0) is 30.0 Å². The molecule has 0 aromatic heterocycles. The van der Waals surface area contributed by atoms with Crippen LogP contribution in [-0.2, 0) is 11.2 Å². The van der Waals surface area contributed by atoms with Crippen LogP contribution in [0.2, 0.25) is 0 Å². The van der Waals surface area contributed by atoms with Gasteiger partial charge >= 0.3 is 0 Å². The van der Waals surface area contributed by atoms with Crippen LogP contribution >= 0.6 is 0 Å². The summed E-state index contributed by atoms with van der Waals surface area (Å²) in [4.78, 5) is 11.9. The minimum absolute atomic E-state index is 0.0789. The Kier molecular flexibility index (Phi) is 6.45. The molecule has 1 aromatic carbocycles. The molecule has 1 rings (SSSR count). The molecule has 0 saturated carbocycles. The summed E-state index contributed by atoms with van der Waals surface area (Å²) >= 11 is 0. The highest BCUT2D eigenvalue weighted by molar-refractivity contribution is 5.78. The van der Waals surface area contributed by atoms with Gasteiger partial charge in [-0.25, -0.2) is 4.39 Å². The highest BCUT2D eigenvalue weighted by atomic mass is 19.1. The number of amides is 1. The number of hydrogen-bond acceptors (Lipinski definition) is 3. The number of halogens is 1. The molecule has 0 aliphatic heterocycles. The number of benzene rings is 1. The first-order valence-corrected chi connectivity index (χ1v) is 6.68. The first-order chi connectivity index (χ1) is 9.46. The molecular weight excluding hydrogens is 261 g/mol. The van der Waals surface area contributed by atoms with E-state index in [0.29, 0.717) is 17.9 Å². The third kappa shape index (κ3) is 5.17. The van der Waals surface area contributed by atoms with Gasteiger partial charge in [0.2, 0.25) is 5.91 Å². The van der Waals surface area contributed by atoms with E-state index in [1.54, 1.807) is 6.07 Å². The van der Waals surface area contributed by atoms with Gasteiger partial charge in [-0.2, -0.15) is 0 Å². The summed E-state index contributed by atoms with van der Waals surface area (Å²) < 4.78 is 18.3. The maximum Gasteiger partial charge on any atom is 0.224 e. The molecule has 0 aliphatic rings. The number of ether oxygens (including phenoxy) is 1. The van der Waals surface area contributed by atoms with E-state index in [-0.39, 0.29) is 30.7 Å². The molecule has 0 spiro atoms. The Morgan fingerprint density at radius 1 is 1.45 bits per heavy atom. The fourth-order valence-electron chi connectivity index (χ4n) is 2.03. The fourth-order valence-corrected chi connectivity index (χ4v) is 2.03. The van der Waals surface area contributed by atoms with E-state index in [0.717, 1.165) is 0 Å². The average molecular weight is 283 g/mol. The van der Waals surface area contributed by atoms with Crippen LogP contribution in [0.4, 0.5) is 4.39 Å². The molecule has 0 fully saturated rings. The van der Waals surface area contributed by atoms with E-state index < -0.39 is 5.82 Å². The number of rotatable bonds is 7. The summed E-state index contributed by atoms with van der Waals surface area (Å²) in [5, 5.41) is 12.0. The highest BCUT2D eigenvalue weighted by Gasteiger charge is 2.14. The normalized spacial score (nSPS) is 12.3. The second-order valence-corrected chi connectivity index (χ2v) is 5.22. The molecule has 0 radical (unpaired) electrons. The van der Waals surface area contributed by atoms with Crippen molar-refractivity contribution < 1.29 is 19.0 Å². The van der Waals surface area contributed by atoms with Crippen LogP contribution in [0.25, 0.3) is 0 Å². The lowest BCUT2D eigenvalue weighted by atomic mass is 10.0. The minimum atomic E-state index is -0.487. The van der Waals surface area contributed by atoms with Crippen molar-refractivity contribution in [3.8, 4) is 5.75 Å². The molecular formula is C15H22FNO3. The molecule has 0 aliphatic carbocycles. The maximum absolute atomic E-state index is 13.5. The molecule has 4 nitrogen and oxygen atoms in total. The molecule has 5 heteroatoms. The Morgan fingerprint density at radius 2 is 2.15 bits per heavy atom. The van der Waals surface area contributed by atoms with E-state index in [4.69, 9.17) is 4.74 Å². The average Bonchev–Trinajstić information content (AvgIpc) is 2.37. The number of methoxy groups -OCH3 is 1. The zero-order valence-electron chi connectivity index (χ0n) is 12.1. The number of aliphatic hydroxyl groups excluding tert-OH is 1. The quantitative estimate of drug-likeness (QED) is 0.803. The number of carbonyl (C=O) groups excluding carboxylic acids is 1. The largest absolute Gasteiger partial charge is 0.494 e. The van der Waals surface area contributed by atoms with Crippen molar-refractivity contribution in [3.63, 3.8) is 0 Å². The van der Waals surface area contributed by atoms with Gasteiger partial charge in [0, 0.05) is 0 Å². The van der Waals surface area contributed by atoms with E-state index in [1.165, 1.54) is 19.2 Å². The van der Waals surface area contributed by atoms with Gasteiger partial charge in [-0.3, -0.25) is 4.79 Å². The summed E-state index contributed by atoms with van der Waals surface area (Å²) in [7, 11) is 1.39.